The van der Waals surface area contributed by atoms with Gasteiger partial charge in [0.25, 0.3) is 0 Å². The van der Waals surface area contributed by atoms with Crippen LogP contribution in [0.4, 0.5) is 4.79 Å². The van der Waals surface area contributed by atoms with Gasteiger partial charge in [-0.15, -0.1) is 0 Å². The Morgan fingerprint density at radius 3 is 2.52 bits per heavy atom. The molecule has 0 saturated heterocycles. The van der Waals surface area contributed by atoms with E-state index in [0.717, 1.165) is 5.75 Å². The van der Waals surface area contributed by atoms with Crippen molar-refractivity contribution in [2.45, 2.75) is 13.8 Å². The number of ether oxygens (including phenoxy) is 2. The van der Waals surface area contributed by atoms with Crippen LogP contribution in [0.2, 0.25) is 0 Å². The molecule has 0 atom stereocenters. The third-order valence-corrected chi connectivity index (χ3v) is 2.75. The molecule has 0 unspecified atom stereocenters. The van der Waals surface area contributed by atoms with Gasteiger partial charge in [0.1, 0.15) is 12.4 Å². The lowest BCUT2D eigenvalue weighted by Gasteiger charge is -2.19. The lowest BCUT2D eigenvalue weighted by Crippen LogP contribution is -2.41. The molecular formula is C15H22N2O4. The first-order valence-electron chi connectivity index (χ1n) is 7.02. The van der Waals surface area contributed by atoms with Gasteiger partial charge in [0.05, 0.1) is 13.2 Å². The number of alkyl carbamates (subject to hydrolysis) is 1. The van der Waals surface area contributed by atoms with Crippen molar-refractivity contribution in [3.05, 3.63) is 30.3 Å². The van der Waals surface area contributed by atoms with E-state index in [1.54, 1.807) is 6.92 Å². The van der Waals surface area contributed by atoms with Gasteiger partial charge in [0.2, 0.25) is 5.91 Å². The molecule has 0 aliphatic carbocycles. The van der Waals surface area contributed by atoms with Crippen LogP contribution in [0.5, 0.6) is 5.75 Å². The van der Waals surface area contributed by atoms with Gasteiger partial charge in [-0.3, -0.25) is 15.0 Å². The molecule has 1 aromatic carbocycles. The highest BCUT2D eigenvalue weighted by molar-refractivity contribution is 5.92. The van der Waals surface area contributed by atoms with Gasteiger partial charge >= 0.3 is 6.09 Å². The Bertz CT molecular complexity index is 437. The minimum Gasteiger partial charge on any atom is -0.492 e. The first kappa shape index (κ1) is 17.0. The molecular weight excluding hydrogens is 272 g/mol. The van der Waals surface area contributed by atoms with Crippen LogP contribution in [0.3, 0.4) is 0 Å². The number of amides is 2. The first-order valence-corrected chi connectivity index (χ1v) is 7.02. The van der Waals surface area contributed by atoms with Crippen LogP contribution in [0.15, 0.2) is 30.3 Å². The molecule has 2 amide bonds. The SMILES string of the molecule is CCOC(=O)NC(=O)CN(CC)CCOc1ccccc1. The molecule has 116 valence electrons. The maximum absolute atomic E-state index is 11.6. The summed E-state index contributed by atoms with van der Waals surface area (Å²) in [6.45, 7) is 5.76. The topological polar surface area (TPSA) is 67.9 Å². The predicted molar refractivity (Wildman–Crippen MR) is 79.2 cm³/mol. The lowest BCUT2D eigenvalue weighted by molar-refractivity contribution is -0.121. The Hall–Kier alpha value is -2.08. The number of hydrogen-bond donors (Lipinski definition) is 1. The van der Waals surface area contributed by atoms with Crippen molar-refractivity contribution in [3.8, 4) is 5.75 Å². The molecule has 0 aliphatic rings. The number of nitrogens with one attached hydrogen (secondary N) is 1. The van der Waals surface area contributed by atoms with Crippen molar-refractivity contribution < 1.29 is 19.1 Å². The van der Waals surface area contributed by atoms with Crippen molar-refractivity contribution in [1.82, 2.24) is 10.2 Å². The highest BCUT2D eigenvalue weighted by atomic mass is 16.5. The fourth-order valence-corrected chi connectivity index (χ4v) is 1.68. The fraction of sp³-hybridized carbons (Fsp3) is 0.467. The molecule has 0 spiro atoms. The number of imide groups is 1. The largest absolute Gasteiger partial charge is 0.492 e. The van der Waals surface area contributed by atoms with Crippen LogP contribution in [-0.2, 0) is 9.53 Å². The average Bonchev–Trinajstić information content (AvgIpc) is 2.47. The first-order chi connectivity index (χ1) is 10.2. The van der Waals surface area contributed by atoms with Gasteiger partial charge in [-0.05, 0) is 25.6 Å². The van der Waals surface area contributed by atoms with Gasteiger partial charge in [-0.25, -0.2) is 4.79 Å². The summed E-state index contributed by atoms with van der Waals surface area (Å²) in [7, 11) is 0. The van der Waals surface area contributed by atoms with Crippen molar-refractivity contribution >= 4 is 12.0 Å². The monoisotopic (exact) mass is 294 g/mol. The van der Waals surface area contributed by atoms with Crippen molar-refractivity contribution in [2.24, 2.45) is 0 Å². The maximum atomic E-state index is 11.6. The number of para-hydroxylation sites is 1. The van der Waals surface area contributed by atoms with Gasteiger partial charge in [0.15, 0.2) is 0 Å². The van der Waals surface area contributed by atoms with Crippen LogP contribution in [0.1, 0.15) is 13.8 Å². The average molecular weight is 294 g/mol. The van der Waals surface area contributed by atoms with E-state index < -0.39 is 6.09 Å². The van der Waals surface area contributed by atoms with Crippen LogP contribution < -0.4 is 10.1 Å². The Kier molecular flexibility index (Phi) is 7.89. The van der Waals surface area contributed by atoms with E-state index >= 15 is 0 Å². The zero-order chi connectivity index (χ0) is 15.5. The molecule has 1 rings (SSSR count). The highest BCUT2D eigenvalue weighted by Crippen LogP contribution is 2.07. The van der Waals surface area contributed by atoms with E-state index in [2.05, 4.69) is 10.1 Å². The summed E-state index contributed by atoms with van der Waals surface area (Å²) in [6.07, 6.45) is -0.709. The Morgan fingerprint density at radius 2 is 1.90 bits per heavy atom. The molecule has 0 aliphatic heterocycles. The highest BCUT2D eigenvalue weighted by Gasteiger charge is 2.12. The van der Waals surface area contributed by atoms with Crippen molar-refractivity contribution in [2.75, 3.05) is 32.8 Å². The predicted octanol–water partition coefficient (Wildman–Crippen LogP) is 1.66. The summed E-state index contributed by atoms with van der Waals surface area (Å²) in [5, 5.41) is 2.17. The second-order valence-corrected chi connectivity index (χ2v) is 4.30. The number of rotatable bonds is 8. The molecule has 0 radical (unpaired) electrons. The van der Waals surface area contributed by atoms with E-state index in [9.17, 15) is 9.59 Å². The van der Waals surface area contributed by atoms with Crippen molar-refractivity contribution in [1.29, 1.82) is 0 Å². The molecule has 0 fully saturated rings. The number of carbonyl (C=O) groups excluding carboxylic acids is 2. The van der Waals surface area contributed by atoms with Crippen LogP contribution in [0.25, 0.3) is 0 Å². The molecule has 6 nitrogen and oxygen atoms in total. The van der Waals surface area contributed by atoms with Crippen LogP contribution in [0, 0.1) is 0 Å². The summed E-state index contributed by atoms with van der Waals surface area (Å²) < 4.78 is 10.2. The molecule has 0 bridgehead atoms. The van der Waals surface area contributed by atoms with Gasteiger partial charge in [0, 0.05) is 6.54 Å². The third-order valence-electron chi connectivity index (χ3n) is 2.75. The molecule has 1 N–H and O–H groups in total. The Balaban J connectivity index is 2.28. The minimum absolute atomic E-state index is 0.132. The lowest BCUT2D eigenvalue weighted by atomic mass is 10.3. The van der Waals surface area contributed by atoms with Crippen molar-refractivity contribution in [3.63, 3.8) is 0 Å². The van der Waals surface area contributed by atoms with E-state index in [1.807, 2.05) is 42.2 Å². The van der Waals surface area contributed by atoms with E-state index in [0.29, 0.717) is 19.7 Å². The second kappa shape index (κ2) is 9.77. The van der Waals surface area contributed by atoms with E-state index in [1.165, 1.54) is 0 Å². The number of likely N-dealkylation sites (N-methyl/N-ethyl adjacent to an activating group) is 1. The van der Waals surface area contributed by atoms with E-state index in [4.69, 9.17) is 4.74 Å². The standard InChI is InChI=1S/C15H22N2O4/c1-3-17(12-14(18)16-15(19)20-4-2)10-11-21-13-8-6-5-7-9-13/h5-9H,3-4,10-12H2,1-2H3,(H,16,18,19). The minimum atomic E-state index is -0.709. The van der Waals surface area contributed by atoms with Gasteiger partial charge in [-0.2, -0.15) is 0 Å². The molecule has 21 heavy (non-hydrogen) atoms. The summed E-state index contributed by atoms with van der Waals surface area (Å²) in [5.74, 6) is 0.416. The Labute approximate surface area is 125 Å². The molecule has 1 aromatic rings. The summed E-state index contributed by atoms with van der Waals surface area (Å²) in [4.78, 5) is 24.6. The third kappa shape index (κ3) is 7.31. The summed E-state index contributed by atoms with van der Waals surface area (Å²) in [6, 6.07) is 9.48. The van der Waals surface area contributed by atoms with Crippen LogP contribution in [-0.4, -0.2) is 49.7 Å². The maximum Gasteiger partial charge on any atom is 0.413 e. The summed E-state index contributed by atoms with van der Waals surface area (Å²) in [5.41, 5.74) is 0. The molecule has 0 saturated carbocycles. The fourth-order valence-electron chi connectivity index (χ4n) is 1.68. The Morgan fingerprint density at radius 1 is 1.19 bits per heavy atom. The zero-order valence-corrected chi connectivity index (χ0v) is 12.5. The number of benzene rings is 1. The number of carbonyl (C=O) groups is 2. The molecule has 0 heterocycles. The van der Waals surface area contributed by atoms with Crippen LogP contribution >= 0.6 is 0 Å². The van der Waals surface area contributed by atoms with Gasteiger partial charge in [-0.1, -0.05) is 25.1 Å². The van der Waals surface area contributed by atoms with Gasteiger partial charge < -0.3 is 9.47 Å². The molecule has 0 aromatic heterocycles. The quantitative estimate of drug-likeness (QED) is 0.790. The number of nitrogens with zero attached hydrogens (tertiary/aromatic N) is 1. The molecule has 6 heteroatoms. The van der Waals surface area contributed by atoms with E-state index in [-0.39, 0.29) is 19.1 Å². The number of hydrogen-bond acceptors (Lipinski definition) is 5. The summed E-state index contributed by atoms with van der Waals surface area (Å²) >= 11 is 0. The second-order valence-electron chi connectivity index (χ2n) is 4.30. The smallest absolute Gasteiger partial charge is 0.413 e. The normalized spacial score (nSPS) is 10.2. The zero-order valence-electron chi connectivity index (χ0n) is 12.5.